The number of hydrogen-bond acceptors (Lipinski definition) is 35. The molecule has 0 aromatic rings. The summed E-state index contributed by atoms with van der Waals surface area (Å²) in [5.41, 5.74) is -0.762. The highest BCUT2D eigenvalue weighted by Crippen LogP contribution is 2.60. The van der Waals surface area contributed by atoms with Crippen molar-refractivity contribution in [3.05, 3.63) is 0 Å². The first kappa shape index (κ1) is 114. The lowest BCUT2D eigenvalue weighted by atomic mass is 9.72. The number of esters is 10. The molecule has 0 radical (unpaired) electrons. The molecule has 2 aliphatic carbocycles. The third-order valence-corrected chi connectivity index (χ3v) is 43.7. The summed E-state index contributed by atoms with van der Waals surface area (Å²) >= 11 is 0. The van der Waals surface area contributed by atoms with Gasteiger partial charge in [-0.3, -0.25) is 47.9 Å². The SMILES string of the molecule is O=C1CC(C[SiH3])CO1.O=C1CC2(CO1)CC1CC(OCCC[SiH3])C2O1.O=C1CC2(CO1)CC1OC2CC1OCCC[SiH3].O=C1OC2C(OCCC[SiH3])C3CC1C2O3.O=C1OC2C3CC(CC13)C2OCCC[SiH3].O=C1OCC2C3CC(OCCC[SiH3])C(O3)C12.O=C1OCC2C3OC(CC3OCCC[SiH3])C12.O=C1OCCC12CC1CC(OCCC[SiH3])C2O1.O=C1OCCC12CC1OC2CC1OCCC[SiH3].O=C1OCCC1CC[SiH3]. The molecule has 26 aliphatic rings. The van der Waals surface area contributed by atoms with E-state index >= 15 is 0 Å². The highest BCUT2D eigenvalue weighted by molar-refractivity contribution is 6.10. The standard InChI is InChI=1S/4C12H20O4Si.2C11H18O4Si.C11H18O3Si.C10H16O4Si.C6H12O2Si.C5H10O2Si/c13-11-12(2-4-15-11)7-9-8(6-10(12)16-9)14-3-1-5-17;13-11-12(2-4-15-11)7-8-6-9(10(12)16-8)14-3-1-5-17;13-11-6-12(7-15-11)5-9-8(4-10(12)16-9)14-2-1-3-17;13-10-6-12(7-15-10)5-8-4-9(11(12)16-8)14-2-1-3-17;12-11-9-6(5-14-11)10-8(4-7(9)15-10)13-2-1-3-16;12-11-9-6(5-14-11)7-4-8(10(9)15-7)13-2-1-3-16;12-11-8-5-6-4-7(8)10(14-11)9(6)13-2-1-3-15;11-10-5-4-6-8(12-2-1-3-15)9(14-10)7(5)13-6;7-6-5(2-4-9)1-3-8-6;6-5-1-4(3-8)2-7-5/h3*8-10H,1-7H2,17H3;8-9,11H,1-7H2,17H3;2*6-10H,1-5H2,16H3;6-10H,1-5H2,15H3;5-9H,1-4H2,15H3;5H,1-4H2,9H3;4H,1-3H2,8H3. The minimum Gasteiger partial charge on any atom is -0.465 e. The number of carbonyl (C=O) groups is 10. The lowest BCUT2D eigenvalue weighted by Gasteiger charge is -2.33. The van der Waals surface area contributed by atoms with E-state index in [1.807, 2.05) is 0 Å². The molecule has 38 atom stereocenters. The molecule has 830 valence electrons. The number of fused-ring (bicyclic) bond motifs is 24. The van der Waals surface area contributed by atoms with Gasteiger partial charge in [-0.1, -0.05) is 60.4 Å². The molecule has 24 aliphatic heterocycles. The maximum absolute atomic E-state index is 11.9. The second kappa shape index (κ2) is 53.1. The lowest BCUT2D eigenvalue weighted by Crippen LogP contribution is -2.45. The molecule has 4 spiro atoms. The summed E-state index contributed by atoms with van der Waals surface area (Å²) < 4.78 is 139. The van der Waals surface area contributed by atoms with Crippen LogP contribution in [0.3, 0.4) is 0 Å². The first-order valence-electron chi connectivity index (χ1n) is 57.6. The van der Waals surface area contributed by atoms with E-state index in [-0.39, 0.29) is 263 Å². The number of cyclic esters (lactones) is 8. The van der Waals surface area contributed by atoms with Crippen molar-refractivity contribution in [3.8, 4) is 0 Å². The van der Waals surface area contributed by atoms with Crippen LogP contribution in [0, 0.1) is 80.8 Å². The highest BCUT2D eigenvalue weighted by Gasteiger charge is 2.70. The van der Waals surface area contributed by atoms with Gasteiger partial charge in [-0.2, -0.15) is 0 Å². The summed E-state index contributed by atoms with van der Waals surface area (Å²) in [5, 5.41) is 0. The van der Waals surface area contributed by atoms with E-state index in [0.29, 0.717) is 95.8 Å². The van der Waals surface area contributed by atoms with Crippen LogP contribution in [0.2, 0.25) is 60.4 Å². The highest BCUT2D eigenvalue weighted by atomic mass is 28.2. The van der Waals surface area contributed by atoms with Gasteiger partial charge in [0.05, 0.1) is 210 Å². The smallest absolute Gasteiger partial charge is 0.315 e. The van der Waals surface area contributed by atoms with Gasteiger partial charge in [-0.15, -0.1) is 0 Å². The zero-order chi connectivity index (χ0) is 103. The fourth-order valence-corrected chi connectivity index (χ4v) is 31.6. The van der Waals surface area contributed by atoms with Gasteiger partial charge in [0.1, 0.15) is 43.0 Å². The molecule has 0 amide bonds. The maximum Gasteiger partial charge on any atom is 0.315 e. The molecule has 24 heterocycles. The van der Waals surface area contributed by atoms with Crippen molar-refractivity contribution < 1.29 is 166 Å². The van der Waals surface area contributed by atoms with Gasteiger partial charge in [0.25, 0.3) is 0 Å². The predicted octanol–water partition coefficient (Wildman–Crippen LogP) is -2.39. The molecule has 38 unspecified atom stereocenters. The van der Waals surface area contributed by atoms with Crippen molar-refractivity contribution >= 4 is 162 Å². The Bertz CT molecular complexity index is 4340. The molecule has 2 saturated carbocycles. The van der Waals surface area contributed by atoms with Crippen LogP contribution in [0.4, 0.5) is 0 Å². The topological polar surface area (TPSA) is 401 Å². The van der Waals surface area contributed by atoms with Gasteiger partial charge in [-0.05, 0) is 115 Å². The Balaban J connectivity index is 0.000000112. The Morgan fingerprint density at radius 1 is 0.320 bits per heavy atom. The van der Waals surface area contributed by atoms with Crippen molar-refractivity contribution in [2.45, 2.75) is 387 Å². The third kappa shape index (κ3) is 25.7. The number of ether oxygens (including phenoxy) is 25. The third-order valence-electron chi connectivity index (χ3n) is 36.3. The van der Waals surface area contributed by atoms with E-state index in [2.05, 4.69) is 0 Å². The van der Waals surface area contributed by atoms with E-state index in [4.69, 9.17) is 118 Å². The average Bonchev–Trinajstić information content (AvgIpc) is 1.57. The minimum absolute atomic E-state index is 0.00145. The van der Waals surface area contributed by atoms with Gasteiger partial charge < -0.3 is 118 Å². The molecule has 147 heavy (non-hydrogen) atoms. The van der Waals surface area contributed by atoms with E-state index in [1.165, 1.54) is 176 Å². The summed E-state index contributed by atoms with van der Waals surface area (Å²) in [5.74, 6) is 2.27. The molecule has 26 rings (SSSR count). The Morgan fingerprint density at radius 2 is 0.830 bits per heavy atom. The van der Waals surface area contributed by atoms with Gasteiger partial charge in [0.15, 0.2) is 6.10 Å². The van der Waals surface area contributed by atoms with E-state index in [9.17, 15) is 47.9 Å². The van der Waals surface area contributed by atoms with Crippen LogP contribution in [0.25, 0.3) is 0 Å². The molecule has 35 nitrogen and oxygen atoms in total. The quantitative estimate of drug-likeness (QED) is 0.0276. The van der Waals surface area contributed by atoms with Gasteiger partial charge in [0, 0.05) is 241 Å². The van der Waals surface area contributed by atoms with Crippen molar-refractivity contribution in [1.82, 2.24) is 0 Å². The Kier molecular flexibility index (Phi) is 41.3. The normalized spacial score (nSPS) is 42.7. The molecule has 16 bridgehead atoms. The Labute approximate surface area is 896 Å². The van der Waals surface area contributed by atoms with E-state index in [0.717, 1.165) is 201 Å². The van der Waals surface area contributed by atoms with Crippen molar-refractivity contribution in [1.29, 1.82) is 0 Å². The molecule has 0 aromatic heterocycles. The molecule has 24 saturated heterocycles. The number of carbonyl (C=O) groups excluding carboxylic acids is 10. The zero-order valence-corrected chi connectivity index (χ0v) is 109. The average molecular weight is 2240 g/mol. The Morgan fingerprint density at radius 3 is 1.35 bits per heavy atom. The van der Waals surface area contributed by atoms with Crippen LogP contribution in [-0.4, -0.2) is 414 Å². The van der Waals surface area contributed by atoms with Crippen LogP contribution in [0.15, 0.2) is 0 Å². The lowest BCUT2D eigenvalue weighted by molar-refractivity contribution is -0.152. The summed E-state index contributed by atoms with van der Waals surface area (Å²) in [4.78, 5) is 113. The molecule has 26 fully saturated rings. The van der Waals surface area contributed by atoms with Crippen molar-refractivity contribution in [2.75, 3.05) is 106 Å². The van der Waals surface area contributed by atoms with Crippen LogP contribution >= 0.6 is 0 Å². The summed E-state index contributed by atoms with van der Waals surface area (Å²) in [6, 6.07) is 12.7. The van der Waals surface area contributed by atoms with E-state index < -0.39 is 0 Å². The first-order valence-corrected chi connectivity index (χ1v) is 71.8. The van der Waals surface area contributed by atoms with Crippen LogP contribution in [-0.2, 0) is 166 Å². The second-order valence-corrected chi connectivity index (χ2v) is 56.0. The largest absolute Gasteiger partial charge is 0.465 e. The second-order valence-electron chi connectivity index (χ2n) is 46.2. The molecule has 45 heteroatoms. The van der Waals surface area contributed by atoms with Crippen molar-refractivity contribution in [3.63, 3.8) is 0 Å². The van der Waals surface area contributed by atoms with Gasteiger partial charge in [0.2, 0.25) is 0 Å². The molecular weight excluding hydrogens is 2070 g/mol. The molecular formula is C102H172O35Si10. The number of hydrogen-bond donors (Lipinski definition) is 0. The van der Waals surface area contributed by atoms with Crippen LogP contribution in [0.5, 0.6) is 0 Å². The summed E-state index contributed by atoms with van der Waals surface area (Å²) in [6.07, 6.45) is 29.6. The van der Waals surface area contributed by atoms with E-state index in [1.54, 1.807) is 0 Å². The zero-order valence-electron chi connectivity index (χ0n) is 89.1. The van der Waals surface area contributed by atoms with Crippen LogP contribution < -0.4 is 0 Å². The fourth-order valence-electron chi connectivity index (χ4n) is 28.1. The summed E-state index contributed by atoms with van der Waals surface area (Å²) in [7, 11) is 12.3. The molecule has 0 aromatic carbocycles. The Hall–Kier alpha value is -3.73. The fraction of sp³-hybridized carbons (Fsp3) is 0.902. The molecule has 0 N–H and O–H groups in total. The van der Waals surface area contributed by atoms with Crippen LogP contribution in [0.1, 0.15) is 180 Å². The number of rotatable bonds is 35. The monoisotopic (exact) mass is 2240 g/mol. The van der Waals surface area contributed by atoms with Crippen molar-refractivity contribution in [2.24, 2.45) is 80.8 Å². The van der Waals surface area contributed by atoms with Gasteiger partial charge >= 0.3 is 59.7 Å². The predicted molar refractivity (Wildman–Crippen MR) is 567 cm³/mol. The van der Waals surface area contributed by atoms with Gasteiger partial charge in [-0.25, -0.2) is 0 Å². The minimum atomic E-state index is -0.367. The first-order chi connectivity index (χ1) is 71.4. The maximum atomic E-state index is 11.9. The summed E-state index contributed by atoms with van der Waals surface area (Å²) in [6.45, 7) is 11.3.